The van der Waals surface area contributed by atoms with Crippen molar-refractivity contribution in [3.8, 4) is 23.1 Å². The number of rotatable bonds is 10. The first-order valence-corrected chi connectivity index (χ1v) is 10.8. The molecule has 0 atom stereocenters. The van der Waals surface area contributed by atoms with Gasteiger partial charge in [-0.1, -0.05) is 6.07 Å². The molecule has 4 heterocycles. The largest absolute Gasteiger partial charge is 0.480 e. The van der Waals surface area contributed by atoms with E-state index in [2.05, 4.69) is 26.8 Å². The zero-order valence-corrected chi connectivity index (χ0v) is 18.4. The first kappa shape index (κ1) is 20.9. The number of imidazole rings is 1. The Balaban J connectivity index is 1.08. The number of hydrogen-bond donors (Lipinski definition) is 1. The first-order chi connectivity index (χ1) is 16.2. The monoisotopic (exact) mass is 447 g/mol. The van der Waals surface area contributed by atoms with Gasteiger partial charge in [-0.2, -0.15) is 0 Å². The average molecular weight is 447 g/mol. The van der Waals surface area contributed by atoms with Gasteiger partial charge in [0.2, 0.25) is 6.79 Å². The fourth-order valence-corrected chi connectivity index (χ4v) is 3.65. The summed E-state index contributed by atoms with van der Waals surface area (Å²) < 4.78 is 24.0. The fraction of sp³-hybridized carbons (Fsp3) is 0.292. The highest BCUT2D eigenvalue weighted by atomic mass is 16.7. The predicted molar refractivity (Wildman–Crippen MR) is 121 cm³/mol. The minimum absolute atomic E-state index is 0.272. The van der Waals surface area contributed by atoms with E-state index in [0.717, 1.165) is 53.3 Å². The lowest BCUT2D eigenvalue weighted by atomic mass is 10.2. The number of ether oxygens (including phenoxy) is 3. The van der Waals surface area contributed by atoms with Crippen LogP contribution in [0.4, 0.5) is 0 Å². The highest BCUT2D eigenvalue weighted by Gasteiger charge is 2.14. The van der Waals surface area contributed by atoms with Crippen LogP contribution in [0.5, 0.6) is 11.5 Å². The lowest BCUT2D eigenvalue weighted by molar-refractivity contribution is 0.174. The van der Waals surface area contributed by atoms with Gasteiger partial charge in [0, 0.05) is 13.1 Å². The number of furan rings is 1. The predicted octanol–water partition coefficient (Wildman–Crippen LogP) is 4.18. The van der Waals surface area contributed by atoms with E-state index < -0.39 is 0 Å². The van der Waals surface area contributed by atoms with Gasteiger partial charge >= 0.3 is 0 Å². The lowest BCUT2D eigenvalue weighted by Gasteiger charge is -2.12. The summed E-state index contributed by atoms with van der Waals surface area (Å²) in [4.78, 5) is 13.7. The number of aromatic nitrogens is 4. The van der Waals surface area contributed by atoms with Gasteiger partial charge in [-0.3, -0.25) is 0 Å². The first-order valence-electron chi connectivity index (χ1n) is 10.8. The van der Waals surface area contributed by atoms with Crippen LogP contribution in [0, 0.1) is 6.92 Å². The van der Waals surface area contributed by atoms with Crippen molar-refractivity contribution in [3.05, 3.63) is 66.6 Å². The molecule has 0 bridgehead atoms. The molecular formula is C24H25N5O4. The van der Waals surface area contributed by atoms with Gasteiger partial charge < -0.3 is 28.5 Å². The minimum Gasteiger partial charge on any atom is -0.480 e. The summed E-state index contributed by atoms with van der Waals surface area (Å²) in [6, 6.07) is 9.54. The molecule has 0 saturated heterocycles. The third-order valence-electron chi connectivity index (χ3n) is 5.38. The second kappa shape index (κ2) is 9.23. The summed E-state index contributed by atoms with van der Waals surface area (Å²) in [7, 11) is 0. The van der Waals surface area contributed by atoms with Gasteiger partial charge in [0.15, 0.2) is 34.6 Å². The fourth-order valence-electron chi connectivity index (χ4n) is 3.65. The van der Waals surface area contributed by atoms with Crippen LogP contribution < -0.4 is 14.8 Å². The Kier molecular flexibility index (Phi) is 5.84. The maximum Gasteiger partial charge on any atom is 0.231 e. The molecule has 0 unspecified atom stereocenters. The van der Waals surface area contributed by atoms with Crippen LogP contribution in [0.3, 0.4) is 0 Å². The molecule has 9 heteroatoms. The van der Waals surface area contributed by atoms with Crippen LogP contribution in [0.2, 0.25) is 0 Å². The minimum atomic E-state index is 0.272. The van der Waals surface area contributed by atoms with Crippen LogP contribution >= 0.6 is 0 Å². The van der Waals surface area contributed by atoms with Crippen molar-refractivity contribution in [1.29, 1.82) is 0 Å². The van der Waals surface area contributed by atoms with Crippen molar-refractivity contribution in [2.24, 2.45) is 0 Å². The molecule has 0 radical (unpaired) electrons. The molecule has 0 aliphatic carbocycles. The van der Waals surface area contributed by atoms with Crippen molar-refractivity contribution >= 4 is 11.2 Å². The Morgan fingerprint density at radius 2 is 2.09 bits per heavy atom. The van der Waals surface area contributed by atoms with E-state index >= 15 is 0 Å². The number of aryl methyl sites for hydroxylation is 2. The summed E-state index contributed by atoms with van der Waals surface area (Å²) in [5, 5.41) is 3.19. The van der Waals surface area contributed by atoms with Crippen LogP contribution in [-0.4, -0.2) is 32.9 Å². The zero-order valence-electron chi connectivity index (χ0n) is 18.4. The molecule has 9 nitrogen and oxygen atoms in total. The molecule has 1 aliphatic rings. The van der Waals surface area contributed by atoms with E-state index in [1.54, 1.807) is 6.26 Å². The van der Waals surface area contributed by atoms with Crippen LogP contribution in [0.1, 0.15) is 24.1 Å². The molecular weight excluding hydrogens is 422 g/mol. The van der Waals surface area contributed by atoms with Gasteiger partial charge in [-0.05, 0) is 56.2 Å². The molecule has 3 aromatic heterocycles. The Hall–Kier alpha value is -4.01. The highest BCUT2D eigenvalue weighted by molar-refractivity contribution is 5.75. The summed E-state index contributed by atoms with van der Waals surface area (Å²) in [5.74, 6) is 3.31. The van der Waals surface area contributed by atoms with Gasteiger partial charge in [0.1, 0.15) is 5.52 Å². The molecule has 1 N–H and O–H groups in total. The second-order valence-corrected chi connectivity index (χ2v) is 7.74. The zero-order chi connectivity index (χ0) is 22.6. The molecule has 1 aliphatic heterocycles. The summed E-state index contributed by atoms with van der Waals surface area (Å²) >= 11 is 0. The maximum atomic E-state index is 5.73. The number of fused-ring (bicyclic) bond motifs is 2. The SMILES string of the molecule is C=C(NCc1ccc2c(c1)OCO2)OCCCCn1cnc2c(C)nc(-c3ccco3)nc21. The standard InChI is InChI=1S/C24H25N5O4/c1-16-22-24(28-23(27-16)20-6-5-11-31-20)29(14-26-22)9-3-4-10-30-17(2)25-13-18-7-8-19-21(12-18)33-15-32-19/h5-8,11-12,14,25H,2-4,9-10,13,15H2,1H3. The molecule has 1 aromatic carbocycles. The Labute approximate surface area is 191 Å². The highest BCUT2D eigenvalue weighted by Crippen LogP contribution is 2.32. The average Bonchev–Trinajstić information content (AvgIpc) is 3.58. The van der Waals surface area contributed by atoms with Crippen LogP contribution in [0.15, 0.2) is 59.8 Å². The molecule has 4 aromatic rings. The molecule has 33 heavy (non-hydrogen) atoms. The van der Waals surface area contributed by atoms with Crippen molar-refractivity contribution in [3.63, 3.8) is 0 Å². The van der Waals surface area contributed by atoms with Crippen molar-refractivity contribution in [1.82, 2.24) is 24.8 Å². The maximum absolute atomic E-state index is 5.73. The molecule has 170 valence electrons. The van der Waals surface area contributed by atoms with E-state index in [4.69, 9.17) is 18.6 Å². The summed E-state index contributed by atoms with van der Waals surface area (Å²) in [6.07, 6.45) is 5.22. The molecule has 0 spiro atoms. The molecule has 5 rings (SSSR count). The van der Waals surface area contributed by atoms with E-state index in [1.165, 1.54) is 0 Å². The lowest BCUT2D eigenvalue weighted by Crippen LogP contribution is -2.15. The summed E-state index contributed by atoms with van der Waals surface area (Å²) in [6.45, 7) is 8.11. The van der Waals surface area contributed by atoms with Gasteiger partial charge in [-0.15, -0.1) is 0 Å². The topological polar surface area (TPSA) is 96.5 Å². The van der Waals surface area contributed by atoms with Crippen LogP contribution in [0.25, 0.3) is 22.7 Å². The normalized spacial score (nSPS) is 12.3. The smallest absolute Gasteiger partial charge is 0.231 e. The quantitative estimate of drug-likeness (QED) is 0.286. The number of nitrogens with one attached hydrogen (secondary N) is 1. The molecule has 0 amide bonds. The van der Waals surface area contributed by atoms with Crippen molar-refractivity contribution in [2.75, 3.05) is 13.4 Å². The number of nitrogens with zero attached hydrogens (tertiary/aromatic N) is 4. The van der Waals surface area contributed by atoms with Gasteiger partial charge in [0.05, 0.1) is 24.9 Å². The Bertz CT molecular complexity index is 1270. The van der Waals surface area contributed by atoms with E-state index in [-0.39, 0.29) is 6.79 Å². The number of benzene rings is 1. The summed E-state index contributed by atoms with van der Waals surface area (Å²) in [5.41, 5.74) is 3.52. The third kappa shape index (κ3) is 4.62. The second-order valence-electron chi connectivity index (χ2n) is 7.74. The van der Waals surface area contributed by atoms with Crippen molar-refractivity contribution in [2.45, 2.75) is 32.9 Å². The van der Waals surface area contributed by atoms with E-state index in [9.17, 15) is 0 Å². The number of hydrogen-bond acceptors (Lipinski definition) is 8. The van der Waals surface area contributed by atoms with Crippen LogP contribution in [-0.2, 0) is 17.8 Å². The Morgan fingerprint density at radius 1 is 1.18 bits per heavy atom. The van der Waals surface area contributed by atoms with E-state index in [1.807, 2.05) is 48.1 Å². The molecule has 0 saturated carbocycles. The van der Waals surface area contributed by atoms with E-state index in [0.29, 0.717) is 30.6 Å². The third-order valence-corrected chi connectivity index (χ3v) is 5.38. The van der Waals surface area contributed by atoms with Gasteiger partial charge in [-0.25, -0.2) is 15.0 Å². The number of unbranched alkanes of at least 4 members (excludes halogenated alkanes) is 1. The molecule has 0 fully saturated rings. The Morgan fingerprint density at radius 3 is 2.97 bits per heavy atom. The van der Waals surface area contributed by atoms with Crippen molar-refractivity contribution < 1.29 is 18.6 Å². The van der Waals surface area contributed by atoms with Gasteiger partial charge in [0.25, 0.3) is 0 Å².